The van der Waals surface area contributed by atoms with E-state index in [0.29, 0.717) is 46.9 Å². The highest BCUT2D eigenvalue weighted by molar-refractivity contribution is 5.88. The van der Waals surface area contributed by atoms with E-state index in [2.05, 4.69) is 20.1 Å². The molecule has 1 spiro atoms. The molecule has 2 saturated heterocycles. The topological polar surface area (TPSA) is 120 Å². The van der Waals surface area contributed by atoms with Gasteiger partial charge in [0.15, 0.2) is 17.0 Å². The molecule has 9 nitrogen and oxygen atoms in total. The highest BCUT2D eigenvalue weighted by Crippen LogP contribution is 2.44. The molecule has 188 valence electrons. The van der Waals surface area contributed by atoms with Gasteiger partial charge in [0.25, 0.3) is 0 Å². The highest BCUT2D eigenvalue weighted by Gasteiger charge is 2.47. The van der Waals surface area contributed by atoms with Crippen LogP contribution in [0.3, 0.4) is 0 Å². The van der Waals surface area contributed by atoms with Gasteiger partial charge in [0, 0.05) is 42.7 Å². The Hall–Kier alpha value is -3.36. The van der Waals surface area contributed by atoms with Crippen molar-refractivity contribution >= 4 is 28.5 Å². The van der Waals surface area contributed by atoms with Gasteiger partial charge < -0.3 is 20.3 Å². The number of nitrogens with one attached hydrogen (secondary N) is 1. The number of aromatic amines is 1. The average Bonchev–Trinajstić information content (AvgIpc) is 3.44. The average molecular weight is 495 g/mol. The Morgan fingerprint density at radius 2 is 2.08 bits per heavy atom. The zero-order chi connectivity index (χ0) is 25.0. The number of halogens is 2. The first-order valence-corrected chi connectivity index (χ1v) is 12.3. The van der Waals surface area contributed by atoms with Crippen molar-refractivity contribution in [1.29, 1.82) is 5.26 Å². The van der Waals surface area contributed by atoms with Crippen molar-refractivity contribution < 1.29 is 13.5 Å². The number of nitriles is 1. The van der Waals surface area contributed by atoms with Crippen LogP contribution >= 0.6 is 0 Å². The fraction of sp³-hybridized carbons (Fsp3) is 0.520. The Balaban J connectivity index is 1.27. The number of benzene rings is 1. The van der Waals surface area contributed by atoms with Gasteiger partial charge in [0.05, 0.1) is 30.5 Å². The monoisotopic (exact) mass is 494 g/mol. The lowest BCUT2D eigenvalue weighted by molar-refractivity contribution is 0.0974. The van der Waals surface area contributed by atoms with Gasteiger partial charge in [0.1, 0.15) is 5.82 Å². The van der Waals surface area contributed by atoms with Crippen LogP contribution in [-0.4, -0.2) is 65.0 Å². The maximum atomic E-state index is 13.8. The SMILES string of the molecule is C[C@@H]1OCC2(CCN(c3cnc4c(N5CC[C@H](C(F)F)c6cc(C#N)ccc65)n[nH]c4n3)CC2)[C@@H]1N. The lowest BCUT2D eigenvalue weighted by Crippen LogP contribution is -2.50. The van der Waals surface area contributed by atoms with Crippen molar-refractivity contribution in [3.8, 4) is 6.07 Å². The molecule has 0 amide bonds. The number of rotatable bonds is 3. The zero-order valence-corrected chi connectivity index (χ0v) is 20.0. The quantitative estimate of drug-likeness (QED) is 0.568. The van der Waals surface area contributed by atoms with Gasteiger partial charge in [-0.3, -0.25) is 5.10 Å². The van der Waals surface area contributed by atoms with E-state index in [1.165, 1.54) is 0 Å². The number of hydrogen-bond acceptors (Lipinski definition) is 8. The fourth-order valence-electron chi connectivity index (χ4n) is 5.97. The summed E-state index contributed by atoms with van der Waals surface area (Å²) in [4.78, 5) is 13.6. The molecule has 36 heavy (non-hydrogen) atoms. The molecule has 3 aliphatic heterocycles. The summed E-state index contributed by atoms with van der Waals surface area (Å²) < 4.78 is 33.3. The minimum atomic E-state index is -2.50. The van der Waals surface area contributed by atoms with Crippen LogP contribution in [0.15, 0.2) is 24.4 Å². The summed E-state index contributed by atoms with van der Waals surface area (Å²) in [7, 11) is 0. The van der Waals surface area contributed by atoms with Crippen molar-refractivity contribution in [2.45, 2.75) is 50.7 Å². The number of fused-ring (bicyclic) bond motifs is 2. The minimum Gasteiger partial charge on any atom is -0.376 e. The third kappa shape index (κ3) is 3.59. The van der Waals surface area contributed by atoms with Crippen molar-refractivity contribution in [3.05, 3.63) is 35.5 Å². The molecular weight excluding hydrogens is 466 g/mol. The van der Waals surface area contributed by atoms with Crippen LogP contribution in [0.5, 0.6) is 0 Å². The fourth-order valence-corrected chi connectivity index (χ4v) is 5.97. The molecule has 0 radical (unpaired) electrons. The second-order valence-electron chi connectivity index (χ2n) is 10.1. The molecule has 0 saturated carbocycles. The summed E-state index contributed by atoms with van der Waals surface area (Å²) >= 11 is 0. The third-order valence-corrected chi connectivity index (χ3v) is 8.24. The second-order valence-corrected chi connectivity index (χ2v) is 10.1. The maximum absolute atomic E-state index is 13.8. The van der Waals surface area contributed by atoms with Crippen LogP contribution in [0.2, 0.25) is 0 Å². The summed E-state index contributed by atoms with van der Waals surface area (Å²) in [6.45, 7) is 4.75. The molecular formula is C25H28F2N8O. The predicted octanol–water partition coefficient (Wildman–Crippen LogP) is 3.45. The molecule has 3 N–H and O–H groups in total. The van der Waals surface area contributed by atoms with E-state index in [0.717, 1.165) is 31.7 Å². The first-order valence-electron chi connectivity index (χ1n) is 12.3. The van der Waals surface area contributed by atoms with E-state index in [1.54, 1.807) is 24.4 Å². The summed E-state index contributed by atoms with van der Waals surface area (Å²) in [5.74, 6) is 0.392. The second kappa shape index (κ2) is 8.64. The summed E-state index contributed by atoms with van der Waals surface area (Å²) in [5, 5.41) is 16.7. The summed E-state index contributed by atoms with van der Waals surface area (Å²) in [6.07, 6.45) is 1.45. The van der Waals surface area contributed by atoms with Crippen LogP contribution in [0.1, 0.15) is 43.2 Å². The smallest absolute Gasteiger partial charge is 0.245 e. The molecule has 2 aromatic heterocycles. The lowest BCUT2D eigenvalue weighted by atomic mass is 9.73. The van der Waals surface area contributed by atoms with Gasteiger partial charge >= 0.3 is 0 Å². The van der Waals surface area contributed by atoms with E-state index in [9.17, 15) is 14.0 Å². The van der Waals surface area contributed by atoms with Crippen LogP contribution in [0, 0.1) is 16.7 Å². The zero-order valence-electron chi connectivity index (χ0n) is 20.0. The molecule has 6 rings (SSSR count). The Morgan fingerprint density at radius 3 is 2.78 bits per heavy atom. The molecule has 3 atom stereocenters. The van der Waals surface area contributed by atoms with E-state index in [-0.39, 0.29) is 24.0 Å². The molecule has 3 aromatic rings. The van der Waals surface area contributed by atoms with Gasteiger partial charge in [-0.2, -0.15) is 10.4 Å². The Morgan fingerprint density at radius 1 is 1.28 bits per heavy atom. The van der Waals surface area contributed by atoms with Gasteiger partial charge in [-0.05, 0) is 49.9 Å². The van der Waals surface area contributed by atoms with E-state index in [1.807, 2.05) is 17.9 Å². The van der Waals surface area contributed by atoms with Gasteiger partial charge in [-0.25, -0.2) is 18.7 Å². The largest absolute Gasteiger partial charge is 0.376 e. The van der Waals surface area contributed by atoms with Crippen LogP contribution in [-0.2, 0) is 4.74 Å². The number of alkyl halides is 2. The van der Waals surface area contributed by atoms with E-state index in [4.69, 9.17) is 15.5 Å². The number of hydrogen-bond donors (Lipinski definition) is 2. The van der Waals surface area contributed by atoms with Crippen LogP contribution in [0.25, 0.3) is 11.2 Å². The van der Waals surface area contributed by atoms with Crippen molar-refractivity contribution in [2.75, 3.05) is 36.0 Å². The van der Waals surface area contributed by atoms with E-state index >= 15 is 0 Å². The van der Waals surface area contributed by atoms with Crippen molar-refractivity contribution in [3.63, 3.8) is 0 Å². The number of nitrogens with two attached hydrogens (primary N) is 1. The molecule has 1 aromatic carbocycles. The molecule has 3 aliphatic rings. The normalized spacial score (nSPS) is 25.5. The highest BCUT2D eigenvalue weighted by atomic mass is 19.3. The number of H-pyrrole nitrogens is 1. The maximum Gasteiger partial charge on any atom is 0.245 e. The standard InChI is InChI=1S/C25H28F2N8O/c1-14-21(29)25(13-36-14)5-8-34(9-6-25)19-12-30-20-23(31-19)32-33-24(20)35-7-4-16(22(26)27)17-10-15(11-28)2-3-18(17)35/h2-3,10,12,14,16,21-22H,4-9,13,29H2,1H3,(H,31,32,33)/t14-,16-,21+/m0/s1. The first-order chi connectivity index (χ1) is 17.4. The van der Waals surface area contributed by atoms with Crippen molar-refractivity contribution in [2.24, 2.45) is 11.1 Å². The predicted molar refractivity (Wildman–Crippen MR) is 130 cm³/mol. The van der Waals surface area contributed by atoms with Crippen LogP contribution < -0.4 is 15.5 Å². The summed E-state index contributed by atoms with van der Waals surface area (Å²) in [6, 6.07) is 7.01. The number of piperidine rings is 1. The third-order valence-electron chi connectivity index (χ3n) is 8.24. The molecule has 0 bridgehead atoms. The molecule has 5 heterocycles. The molecule has 0 aliphatic carbocycles. The number of anilines is 3. The Bertz CT molecular complexity index is 1330. The number of ether oxygens (including phenoxy) is 1. The number of nitrogens with zero attached hydrogens (tertiary/aromatic N) is 6. The Labute approximate surface area is 207 Å². The lowest BCUT2D eigenvalue weighted by Gasteiger charge is -2.41. The molecule has 0 unspecified atom stereocenters. The molecule has 2 fully saturated rings. The first kappa shape index (κ1) is 23.1. The Kier molecular flexibility index (Phi) is 5.53. The number of aromatic nitrogens is 4. The minimum absolute atomic E-state index is 0.0255. The van der Waals surface area contributed by atoms with Crippen LogP contribution in [0.4, 0.5) is 26.1 Å². The summed E-state index contributed by atoms with van der Waals surface area (Å²) in [5.41, 5.74) is 9.04. The molecule has 11 heteroatoms. The van der Waals surface area contributed by atoms with Gasteiger partial charge in [0.2, 0.25) is 6.43 Å². The van der Waals surface area contributed by atoms with Gasteiger partial charge in [-0.15, -0.1) is 0 Å². The van der Waals surface area contributed by atoms with Crippen molar-refractivity contribution in [1.82, 2.24) is 20.2 Å². The van der Waals surface area contributed by atoms with Gasteiger partial charge in [-0.1, -0.05) is 0 Å². The van der Waals surface area contributed by atoms with E-state index < -0.39 is 12.3 Å².